The molecule has 1 aliphatic rings. The summed E-state index contributed by atoms with van der Waals surface area (Å²) in [4.78, 5) is 13.6. The summed E-state index contributed by atoms with van der Waals surface area (Å²) in [6.45, 7) is 7.31. The van der Waals surface area contributed by atoms with Crippen LogP contribution in [0.25, 0.3) is 11.1 Å². The number of amides is 1. The van der Waals surface area contributed by atoms with Crippen molar-refractivity contribution in [1.29, 1.82) is 0 Å². The van der Waals surface area contributed by atoms with Crippen molar-refractivity contribution in [3.05, 3.63) is 54.1 Å². The lowest BCUT2D eigenvalue weighted by atomic mass is 10.0. The lowest BCUT2D eigenvalue weighted by Gasteiger charge is -2.39. The van der Waals surface area contributed by atoms with Crippen LogP contribution in [0.15, 0.2) is 48.5 Å². The lowest BCUT2D eigenvalue weighted by Crippen LogP contribution is -2.55. The van der Waals surface area contributed by atoms with Crippen LogP contribution >= 0.6 is 0 Å². The molecule has 5 nitrogen and oxygen atoms in total. The number of rotatable bonds is 5. The van der Waals surface area contributed by atoms with Gasteiger partial charge >= 0.3 is 6.09 Å². The molecule has 0 N–H and O–H groups in total. The molecule has 0 aliphatic carbocycles. The number of carbonyl (C=O) groups excluding carboxylic acids is 1. The minimum atomic E-state index is -0.464. The van der Waals surface area contributed by atoms with Gasteiger partial charge in [-0.05, 0) is 49.6 Å². The SMILES string of the molecule is COc1ccc(-c2ccc(COC3CN(C(=O)OC(C)(C)C)C3)cc2)cc1. The van der Waals surface area contributed by atoms with Crippen molar-refractivity contribution in [2.75, 3.05) is 20.2 Å². The average Bonchev–Trinajstić information content (AvgIpc) is 2.59. The highest BCUT2D eigenvalue weighted by Gasteiger charge is 2.34. The maximum Gasteiger partial charge on any atom is 0.410 e. The number of ether oxygens (including phenoxy) is 3. The third-order valence-corrected chi connectivity index (χ3v) is 4.36. The van der Waals surface area contributed by atoms with Crippen molar-refractivity contribution in [3.63, 3.8) is 0 Å². The molecule has 0 aromatic heterocycles. The first-order valence-corrected chi connectivity index (χ1v) is 9.17. The van der Waals surface area contributed by atoms with Crippen LogP contribution in [0.3, 0.4) is 0 Å². The van der Waals surface area contributed by atoms with E-state index in [1.807, 2.05) is 45.0 Å². The first-order valence-electron chi connectivity index (χ1n) is 9.17. The topological polar surface area (TPSA) is 48.0 Å². The van der Waals surface area contributed by atoms with Crippen LogP contribution in [0.2, 0.25) is 0 Å². The van der Waals surface area contributed by atoms with E-state index in [0.717, 1.165) is 22.4 Å². The van der Waals surface area contributed by atoms with Gasteiger partial charge in [-0.3, -0.25) is 0 Å². The molecule has 0 radical (unpaired) electrons. The van der Waals surface area contributed by atoms with Crippen molar-refractivity contribution in [2.24, 2.45) is 0 Å². The Hall–Kier alpha value is -2.53. The van der Waals surface area contributed by atoms with Crippen molar-refractivity contribution in [1.82, 2.24) is 4.90 Å². The first-order chi connectivity index (χ1) is 12.8. The molecule has 1 aliphatic heterocycles. The lowest BCUT2D eigenvalue weighted by molar-refractivity contribution is -0.0691. The minimum Gasteiger partial charge on any atom is -0.497 e. The van der Waals surface area contributed by atoms with Gasteiger partial charge in [-0.25, -0.2) is 4.79 Å². The van der Waals surface area contributed by atoms with E-state index in [4.69, 9.17) is 14.2 Å². The van der Waals surface area contributed by atoms with Crippen molar-refractivity contribution < 1.29 is 19.0 Å². The summed E-state index contributed by atoms with van der Waals surface area (Å²) in [7, 11) is 1.67. The third-order valence-electron chi connectivity index (χ3n) is 4.36. The van der Waals surface area contributed by atoms with Gasteiger partial charge in [-0.15, -0.1) is 0 Å². The zero-order valence-corrected chi connectivity index (χ0v) is 16.4. The van der Waals surface area contributed by atoms with Crippen molar-refractivity contribution >= 4 is 6.09 Å². The standard InChI is InChI=1S/C22H27NO4/c1-22(2,3)27-21(24)23-13-20(14-23)26-15-16-5-7-17(8-6-16)18-9-11-19(25-4)12-10-18/h5-12,20H,13-15H2,1-4H3. The van der Waals surface area contributed by atoms with Gasteiger partial charge in [0.2, 0.25) is 0 Å². The summed E-state index contributed by atoms with van der Waals surface area (Å²) < 4.78 is 16.4. The number of carbonyl (C=O) groups is 1. The number of methoxy groups -OCH3 is 1. The predicted octanol–water partition coefficient (Wildman–Crippen LogP) is 4.50. The molecule has 1 amide bonds. The molecule has 0 unspecified atom stereocenters. The first kappa shape index (κ1) is 19.2. The summed E-state index contributed by atoms with van der Waals surface area (Å²) in [5.41, 5.74) is 2.95. The van der Waals surface area contributed by atoms with Gasteiger partial charge in [0, 0.05) is 0 Å². The zero-order valence-electron chi connectivity index (χ0n) is 16.4. The molecular formula is C22H27NO4. The molecule has 0 bridgehead atoms. The second-order valence-electron chi connectivity index (χ2n) is 7.74. The van der Waals surface area contributed by atoms with Crippen LogP contribution in [0.4, 0.5) is 4.79 Å². The fraction of sp³-hybridized carbons (Fsp3) is 0.409. The van der Waals surface area contributed by atoms with Crippen molar-refractivity contribution in [2.45, 2.75) is 39.1 Å². The van der Waals surface area contributed by atoms with Crippen LogP contribution in [0.1, 0.15) is 26.3 Å². The van der Waals surface area contributed by atoms with E-state index in [2.05, 4.69) is 24.3 Å². The molecule has 0 spiro atoms. The Balaban J connectivity index is 1.45. The maximum absolute atomic E-state index is 11.9. The monoisotopic (exact) mass is 369 g/mol. The predicted molar refractivity (Wildman–Crippen MR) is 105 cm³/mol. The van der Waals surface area contributed by atoms with Crippen LogP contribution in [0.5, 0.6) is 5.75 Å². The van der Waals surface area contributed by atoms with Crippen LogP contribution < -0.4 is 4.74 Å². The van der Waals surface area contributed by atoms with Gasteiger partial charge in [-0.1, -0.05) is 36.4 Å². The van der Waals surface area contributed by atoms with Crippen LogP contribution in [0, 0.1) is 0 Å². The second-order valence-corrected chi connectivity index (χ2v) is 7.74. The molecular weight excluding hydrogens is 342 g/mol. The molecule has 0 atom stereocenters. The van der Waals surface area contributed by atoms with Gasteiger partial charge in [0.25, 0.3) is 0 Å². The van der Waals surface area contributed by atoms with E-state index in [-0.39, 0.29) is 12.2 Å². The van der Waals surface area contributed by atoms with Crippen LogP contribution in [-0.4, -0.2) is 42.9 Å². The summed E-state index contributed by atoms with van der Waals surface area (Å²) in [5.74, 6) is 0.852. The smallest absolute Gasteiger partial charge is 0.410 e. The highest BCUT2D eigenvalue weighted by molar-refractivity contribution is 5.69. The number of nitrogens with zero attached hydrogens (tertiary/aromatic N) is 1. The molecule has 0 saturated carbocycles. The molecule has 1 fully saturated rings. The van der Waals surface area contributed by atoms with Gasteiger partial charge in [0.1, 0.15) is 11.4 Å². The average molecular weight is 369 g/mol. The van der Waals surface area contributed by atoms with E-state index in [9.17, 15) is 4.79 Å². The molecule has 27 heavy (non-hydrogen) atoms. The minimum absolute atomic E-state index is 0.0683. The Morgan fingerprint density at radius 2 is 1.56 bits per heavy atom. The maximum atomic E-state index is 11.9. The second kappa shape index (κ2) is 8.01. The quantitative estimate of drug-likeness (QED) is 0.779. The number of benzene rings is 2. The fourth-order valence-electron chi connectivity index (χ4n) is 2.81. The number of hydrogen-bond donors (Lipinski definition) is 0. The molecule has 144 valence electrons. The van der Waals surface area contributed by atoms with Gasteiger partial charge in [0.15, 0.2) is 0 Å². The Morgan fingerprint density at radius 1 is 1.00 bits per heavy atom. The summed E-state index contributed by atoms with van der Waals surface area (Å²) in [5, 5.41) is 0. The Kier molecular flexibility index (Phi) is 5.71. The summed E-state index contributed by atoms with van der Waals surface area (Å²) >= 11 is 0. The molecule has 2 aromatic rings. The normalized spacial score (nSPS) is 14.6. The highest BCUT2D eigenvalue weighted by Crippen LogP contribution is 2.23. The number of likely N-dealkylation sites (tertiary alicyclic amines) is 1. The van der Waals surface area contributed by atoms with Gasteiger partial charge in [0.05, 0.1) is 32.9 Å². The van der Waals surface area contributed by atoms with Crippen LogP contribution in [-0.2, 0) is 16.1 Å². The van der Waals surface area contributed by atoms with Gasteiger partial charge < -0.3 is 19.1 Å². The zero-order chi connectivity index (χ0) is 19.4. The Bertz CT molecular complexity index is 756. The third kappa shape index (κ3) is 5.23. The van der Waals surface area contributed by atoms with Crippen molar-refractivity contribution in [3.8, 4) is 16.9 Å². The van der Waals surface area contributed by atoms with Gasteiger partial charge in [-0.2, -0.15) is 0 Å². The Labute approximate surface area is 160 Å². The van der Waals surface area contributed by atoms with E-state index < -0.39 is 5.60 Å². The molecule has 5 heteroatoms. The fourth-order valence-corrected chi connectivity index (χ4v) is 2.81. The summed E-state index contributed by atoms with van der Waals surface area (Å²) in [6.07, 6.45) is -0.204. The van der Waals surface area contributed by atoms with E-state index >= 15 is 0 Å². The molecule has 1 saturated heterocycles. The molecule has 2 aromatic carbocycles. The van der Waals surface area contributed by atoms with E-state index in [1.165, 1.54) is 0 Å². The largest absolute Gasteiger partial charge is 0.497 e. The highest BCUT2D eigenvalue weighted by atomic mass is 16.6. The van der Waals surface area contributed by atoms with E-state index in [1.54, 1.807) is 12.0 Å². The Morgan fingerprint density at radius 3 is 2.07 bits per heavy atom. The summed E-state index contributed by atoms with van der Waals surface area (Å²) in [6, 6.07) is 16.3. The molecule has 3 rings (SSSR count). The van der Waals surface area contributed by atoms with E-state index in [0.29, 0.717) is 19.7 Å². The molecule has 1 heterocycles. The number of hydrogen-bond acceptors (Lipinski definition) is 4.